The Morgan fingerprint density at radius 3 is 2.29 bits per heavy atom. The van der Waals surface area contributed by atoms with E-state index in [-0.39, 0.29) is 30.5 Å². The summed E-state index contributed by atoms with van der Waals surface area (Å²) in [5.74, 6) is -0.420. The number of aromatic nitrogens is 2. The third-order valence-electron chi connectivity index (χ3n) is 4.43. The highest BCUT2D eigenvalue weighted by atomic mass is 16.3. The van der Waals surface area contributed by atoms with Gasteiger partial charge in [-0.25, -0.2) is 4.98 Å². The molecule has 1 aromatic heterocycles. The lowest BCUT2D eigenvalue weighted by molar-refractivity contribution is -0.123. The first-order chi connectivity index (χ1) is 13.4. The summed E-state index contributed by atoms with van der Waals surface area (Å²) in [6.07, 6.45) is 1.91. The number of benzene rings is 2. The monoisotopic (exact) mass is 378 g/mol. The number of hydrogen-bond acceptors (Lipinski definition) is 4. The van der Waals surface area contributed by atoms with Crippen LogP contribution in [-0.2, 0) is 16.0 Å². The molecular formula is C21H22N4O3. The van der Waals surface area contributed by atoms with Gasteiger partial charge in [0.1, 0.15) is 5.75 Å². The van der Waals surface area contributed by atoms with E-state index in [1.54, 1.807) is 30.6 Å². The minimum absolute atomic E-state index is 0.113. The molecule has 3 N–H and O–H groups in total. The molecule has 144 valence electrons. The number of carbonyl (C=O) groups is 2. The SMILES string of the molecule is Cc1ncn(-c2ccc(NC(=O)CNC(=O)Cc3ccc(O)cc3)cc2)c1C. The Hall–Kier alpha value is -3.61. The molecule has 0 bridgehead atoms. The summed E-state index contributed by atoms with van der Waals surface area (Å²) >= 11 is 0. The minimum Gasteiger partial charge on any atom is -0.508 e. The number of phenolic OH excluding ortho intramolecular Hbond substituents is 1. The van der Waals surface area contributed by atoms with Gasteiger partial charge >= 0.3 is 0 Å². The lowest BCUT2D eigenvalue weighted by atomic mass is 10.1. The lowest BCUT2D eigenvalue weighted by Crippen LogP contribution is -2.33. The van der Waals surface area contributed by atoms with E-state index in [2.05, 4.69) is 15.6 Å². The van der Waals surface area contributed by atoms with E-state index >= 15 is 0 Å². The van der Waals surface area contributed by atoms with Crippen LogP contribution in [0.5, 0.6) is 5.75 Å². The molecule has 0 unspecified atom stereocenters. The van der Waals surface area contributed by atoms with E-state index in [9.17, 15) is 14.7 Å². The molecule has 0 fully saturated rings. The number of imidazole rings is 1. The summed E-state index contributed by atoms with van der Waals surface area (Å²) in [4.78, 5) is 28.3. The molecule has 0 atom stereocenters. The van der Waals surface area contributed by atoms with E-state index in [0.717, 1.165) is 22.6 Å². The molecular weight excluding hydrogens is 356 g/mol. The van der Waals surface area contributed by atoms with Gasteiger partial charge in [0, 0.05) is 17.1 Å². The predicted octanol–water partition coefficient (Wildman–Crippen LogP) is 2.49. The molecule has 0 spiro atoms. The second-order valence-corrected chi connectivity index (χ2v) is 6.50. The number of carbonyl (C=O) groups excluding carboxylic acids is 2. The first kappa shape index (κ1) is 19.2. The Labute approximate surface area is 163 Å². The topological polar surface area (TPSA) is 96.3 Å². The van der Waals surface area contributed by atoms with Crippen LogP contribution < -0.4 is 10.6 Å². The second-order valence-electron chi connectivity index (χ2n) is 6.50. The van der Waals surface area contributed by atoms with Crippen molar-refractivity contribution in [1.82, 2.24) is 14.9 Å². The molecule has 3 aromatic rings. The fraction of sp³-hybridized carbons (Fsp3) is 0.190. The molecule has 3 rings (SSSR count). The number of hydrogen-bond donors (Lipinski definition) is 3. The van der Waals surface area contributed by atoms with Crippen LogP contribution in [0.4, 0.5) is 5.69 Å². The fourth-order valence-corrected chi connectivity index (χ4v) is 2.71. The maximum absolute atomic E-state index is 12.1. The number of rotatable bonds is 6. The average Bonchev–Trinajstić information content (AvgIpc) is 3.01. The van der Waals surface area contributed by atoms with Crippen molar-refractivity contribution < 1.29 is 14.7 Å². The van der Waals surface area contributed by atoms with E-state index in [1.165, 1.54) is 12.1 Å². The van der Waals surface area contributed by atoms with Crippen LogP contribution in [0.1, 0.15) is 17.0 Å². The molecule has 0 aliphatic carbocycles. The third-order valence-corrected chi connectivity index (χ3v) is 4.43. The molecule has 0 aliphatic rings. The molecule has 0 aliphatic heterocycles. The molecule has 7 nitrogen and oxygen atoms in total. The van der Waals surface area contributed by atoms with Gasteiger partial charge in [-0.3, -0.25) is 9.59 Å². The smallest absolute Gasteiger partial charge is 0.243 e. The summed E-state index contributed by atoms with van der Waals surface area (Å²) in [6.45, 7) is 3.84. The van der Waals surface area contributed by atoms with Crippen molar-refractivity contribution in [1.29, 1.82) is 0 Å². The summed E-state index contributed by atoms with van der Waals surface area (Å²) < 4.78 is 1.98. The average molecular weight is 378 g/mol. The van der Waals surface area contributed by atoms with E-state index in [0.29, 0.717) is 5.69 Å². The molecule has 28 heavy (non-hydrogen) atoms. The minimum atomic E-state index is -0.304. The van der Waals surface area contributed by atoms with E-state index in [1.807, 2.05) is 30.5 Å². The quantitative estimate of drug-likeness (QED) is 0.614. The van der Waals surface area contributed by atoms with Gasteiger partial charge in [-0.05, 0) is 55.8 Å². The van der Waals surface area contributed by atoms with Gasteiger partial charge in [-0.2, -0.15) is 0 Å². The van der Waals surface area contributed by atoms with Gasteiger partial charge in [0.05, 0.1) is 25.0 Å². The fourth-order valence-electron chi connectivity index (χ4n) is 2.71. The number of aromatic hydroxyl groups is 1. The molecule has 0 radical (unpaired) electrons. The summed E-state index contributed by atoms with van der Waals surface area (Å²) in [7, 11) is 0. The van der Waals surface area contributed by atoms with E-state index < -0.39 is 0 Å². The Morgan fingerprint density at radius 2 is 1.68 bits per heavy atom. The zero-order chi connectivity index (χ0) is 20.1. The van der Waals surface area contributed by atoms with Crippen molar-refractivity contribution in [2.75, 3.05) is 11.9 Å². The van der Waals surface area contributed by atoms with Crippen LogP contribution in [0, 0.1) is 13.8 Å². The molecule has 2 amide bonds. The number of nitrogens with one attached hydrogen (secondary N) is 2. The van der Waals surface area contributed by atoms with Crippen molar-refractivity contribution >= 4 is 17.5 Å². The highest BCUT2D eigenvalue weighted by Gasteiger charge is 2.08. The highest BCUT2D eigenvalue weighted by molar-refractivity contribution is 5.94. The molecule has 7 heteroatoms. The maximum Gasteiger partial charge on any atom is 0.243 e. The predicted molar refractivity (Wildman–Crippen MR) is 106 cm³/mol. The summed E-state index contributed by atoms with van der Waals surface area (Å²) in [5.41, 5.74) is 4.40. The van der Waals surface area contributed by atoms with Gasteiger partial charge < -0.3 is 20.3 Å². The van der Waals surface area contributed by atoms with Gasteiger partial charge in [-0.15, -0.1) is 0 Å². The van der Waals surface area contributed by atoms with E-state index in [4.69, 9.17) is 0 Å². The normalized spacial score (nSPS) is 10.5. The van der Waals surface area contributed by atoms with Gasteiger partial charge in [0.2, 0.25) is 11.8 Å². The van der Waals surface area contributed by atoms with Crippen LogP contribution in [-0.4, -0.2) is 33.0 Å². The highest BCUT2D eigenvalue weighted by Crippen LogP contribution is 2.16. The zero-order valence-electron chi connectivity index (χ0n) is 15.8. The Kier molecular flexibility index (Phi) is 5.74. The van der Waals surface area contributed by atoms with Crippen molar-refractivity contribution in [3.8, 4) is 11.4 Å². The van der Waals surface area contributed by atoms with Crippen molar-refractivity contribution in [2.45, 2.75) is 20.3 Å². The molecule has 1 heterocycles. The van der Waals surface area contributed by atoms with Crippen LogP contribution in [0.2, 0.25) is 0 Å². The molecule has 0 saturated carbocycles. The van der Waals surface area contributed by atoms with Crippen LogP contribution in [0.25, 0.3) is 5.69 Å². The second kappa shape index (κ2) is 8.39. The lowest BCUT2D eigenvalue weighted by Gasteiger charge is -2.09. The number of aryl methyl sites for hydroxylation is 1. The van der Waals surface area contributed by atoms with Crippen molar-refractivity contribution in [2.24, 2.45) is 0 Å². The standard InChI is InChI=1S/C21H22N4O3/c1-14-15(2)25(13-23-14)18-7-5-17(6-8-18)24-21(28)12-22-20(27)11-16-3-9-19(26)10-4-16/h3-10,13,26H,11-12H2,1-2H3,(H,22,27)(H,24,28). The summed E-state index contributed by atoms with van der Waals surface area (Å²) in [6, 6.07) is 13.8. The number of amides is 2. The molecule has 0 saturated heterocycles. The van der Waals surface area contributed by atoms with Crippen LogP contribution >= 0.6 is 0 Å². The van der Waals surface area contributed by atoms with Crippen molar-refractivity contribution in [3.63, 3.8) is 0 Å². The van der Waals surface area contributed by atoms with Crippen LogP contribution in [0.3, 0.4) is 0 Å². The van der Waals surface area contributed by atoms with Crippen molar-refractivity contribution in [3.05, 3.63) is 71.8 Å². The van der Waals surface area contributed by atoms with Gasteiger partial charge in [-0.1, -0.05) is 12.1 Å². The Morgan fingerprint density at radius 1 is 1.00 bits per heavy atom. The van der Waals surface area contributed by atoms with Gasteiger partial charge in [0.25, 0.3) is 0 Å². The number of nitrogens with zero attached hydrogens (tertiary/aromatic N) is 2. The largest absolute Gasteiger partial charge is 0.508 e. The Bertz CT molecular complexity index is 976. The first-order valence-electron chi connectivity index (χ1n) is 8.88. The zero-order valence-corrected chi connectivity index (χ0v) is 15.8. The third kappa shape index (κ3) is 4.76. The number of phenols is 1. The first-order valence-corrected chi connectivity index (χ1v) is 8.88. The molecule has 2 aromatic carbocycles. The van der Waals surface area contributed by atoms with Gasteiger partial charge in [0.15, 0.2) is 0 Å². The maximum atomic E-state index is 12.1. The van der Waals surface area contributed by atoms with Crippen LogP contribution in [0.15, 0.2) is 54.9 Å². The Balaban J connectivity index is 1.50. The summed E-state index contributed by atoms with van der Waals surface area (Å²) in [5, 5.41) is 14.6. The number of anilines is 1.